The summed E-state index contributed by atoms with van der Waals surface area (Å²) < 4.78 is 5.85. The maximum absolute atomic E-state index is 12.6. The summed E-state index contributed by atoms with van der Waals surface area (Å²) in [5.41, 5.74) is 2.33. The van der Waals surface area contributed by atoms with E-state index >= 15 is 0 Å². The molecular weight excluding hydrogens is 366 g/mol. The number of likely N-dealkylation sites (tertiary alicyclic amines) is 1. The molecule has 1 aliphatic rings. The minimum Gasteiger partial charge on any atom is -0.457 e. The van der Waals surface area contributed by atoms with Crippen molar-refractivity contribution in [3.05, 3.63) is 96.1 Å². The first-order valence-electron chi connectivity index (χ1n) is 9.52. The second kappa shape index (κ2) is 8.53. The minimum atomic E-state index is 0.0633. The van der Waals surface area contributed by atoms with Gasteiger partial charge in [0.15, 0.2) is 0 Å². The number of carbonyl (C=O) groups excluding carboxylic acids is 1. The van der Waals surface area contributed by atoms with Gasteiger partial charge in [-0.3, -0.25) is 4.79 Å². The summed E-state index contributed by atoms with van der Waals surface area (Å²) >= 11 is 4.69. The van der Waals surface area contributed by atoms with Gasteiger partial charge in [0.2, 0.25) is 5.91 Å². The van der Waals surface area contributed by atoms with Crippen LogP contribution in [0.25, 0.3) is 0 Å². The Kier molecular flexibility index (Phi) is 5.68. The van der Waals surface area contributed by atoms with Crippen molar-refractivity contribution in [1.29, 1.82) is 0 Å². The van der Waals surface area contributed by atoms with Gasteiger partial charge in [0, 0.05) is 24.3 Å². The second-order valence-electron chi connectivity index (χ2n) is 7.11. The normalized spacial score (nSPS) is 19.0. The number of ether oxygens (including phenoxy) is 1. The van der Waals surface area contributed by atoms with E-state index in [1.807, 2.05) is 77.7 Å². The SMILES string of the molecule is O=C1CC(S)C(Cc2ccccc2)N1Cc1ccc(Oc2ccccc2)cc1. The molecule has 4 rings (SSSR count). The van der Waals surface area contributed by atoms with Crippen molar-refractivity contribution in [2.24, 2.45) is 0 Å². The maximum Gasteiger partial charge on any atom is 0.224 e. The van der Waals surface area contributed by atoms with Crippen LogP contribution in [-0.4, -0.2) is 22.1 Å². The predicted molar refractivity (Wildman–Crippen MR) is 115 cm³/mol. The van der Waals surface area contributed by atoms with Crippen molar-refractivity contribution < 1.29 is 9.53 Å². The van der Waals surface area contributed by atoms with E-state index in [0.29, 0.717) is 13.0 Å². The third kappa shape index (κ3) is 4.39. The molecule has 0 spiro atoms. The predicted octanol–water partition coefficient (Wildman–Crippen LogP) is 5.12. The van der Waals surface area contributed by atoms with Gasteiger partial charge in [-0.05, 0) is 41.8 Å². The van der Waals surface area contributed by atoms with Crippen LogP contribution in [0.2, 0.25) is 0 Å². The van der Waals surface area contributed by atoms with Crippen LogP contribution in [0.1, 0.15) is 17.5 Å². The number of para-hydroxylation sites is 1. The van der Waals surface area contributed by atoms with Crippen LogP contribution in [0.15, 0.2) is 84.9 Å². The fourth-order valence-electron chi connectivity index (χ4n) is 3.62. The molecule has 1 heterocycles. The molecule has 0 saturated carbocycles. The van der Waals surface area contributed by atoms with Crippen LogP contribution in [0.4, 0.5) is 0 Å². The first-order chi connectivity index (χ1) is 13.7. The van der Waals surface area contributed by atoms with Crippen molar-refractivity contribution >= 4 is 18.5 Å². The lowest BCUT2D eigenvalue weighted by molar-refractivity contribution is -0.129. The molecule has 0 bridgehead atoms. The Hall–Kier alpha value is -2.72. The van der Waals surface area contributed by atoms with E-state index in [1.165, 1.54) is 5.56 Å². The number of hydrogen-bond acceptors (Lipinski definition) is 3. The van der Waals surface area contributed by atoms with Gasteiger partial charge in [-0.25, -0.2) is 0 Å². The van der Waals surface area contributed by atoms with E-state index in [0.717, 1.165) is 23.5 Å². The molecule has 3 nitrogen and oxygen atoms in total. The summed E-state index contributed by atoms with van der Waals surface area (Å²) in [4.78, 5) is 14.5. The van der Waals surface area contributed by atoms with E-state index in [9.17, 15) is 4.79 Å². The molecule has 142 valence electrons. The number of benzene rings is 3. The largest absolute Gasteiger partial charge is 0.457 e. The molecule has 28 heavy (non-hydrogen) atoms. The van der Waals surface area contributed by atoms with E-state index in [4.69, 9.17) is 17.4 Å². The summed E-state index contributed by atoms with van der Waals surface area (Å²) in [6, 6.07) is 28.1. The van der Waals surface area contributed by atoms with Crippen LogP contribution in [0.3, 0.4) is 0 Å². The minimum absolute atomic E-state index is 0.0633. The Morgan fingerprint density at radius 3 is 2.11 bits per heavy atom. The Morgan fingerprint density at radius 1 is 0.821 bits per heavy atom. The highest BCUT2D eigenvalue weighted by Crippen LogP contribution is 2.29. The van der Waals surface area contributed by atoms with Gasteiger partial charge in [-0.15, -0.1) is 0 Å². The first kappa shape index (κ1) is 18.6. The molecule has 2 unspecified atom stereocenters. The van der Waals surface area contributed by atoms with Crippen molar-refractivity contribution in [1.82, 2.24) is 4.90 Å². The van der Waals surface area contributed by atoms with Gasteiger partial charge < -0.3 is 9.64 Å². The highest BCUT2D eigenvalue weighted by molar-refractivity contribution is 7.81. The monoisotopic (exact) mass is 389 g/mol. The molecule has 4 heteroatoms. The number of thiol groups is 1. The topological polar surface area (TPSA) is 29.5 Å². The molecule has 0 radical (unpaired) electrons. The van der Waals surface area contributed by atoms with Crippen LogP contribution in [0.5, 0.6) is 11.5 Å². The quantitative estimate of drug-likeness (QED) is 0.593. The van der Waals surface area contributed by atoms with E-state index in [2.05, 4.69) is 12.1 Å². The Labute approximate surface area is 171 Å². The molecule has 0 aliphatic carbocycles. The number of rotatable bonds is 6. The molecule has 1 fully saturated rings. The number of amides is 1. The summed E-state index contributed by atoms with van der Waals surface area (Å²) in [5.74, 6) is 1.77. The fourth-order valence-corrected chi connectivity index (χ4v) is 4.04. The molecule has 1 aliphatic heterocycles. The number of nitrogens with zero attached hydrogens (tertiary/aromatic N) is 1. The van der Waals surface area contributed by atoms with Gasteiger partial charge in [0.25, 0.3) is 0 Å². The van der Waals surface area contributed by atoms with Gasteiger partial charge >= 0.3 is 0 Å². The summed E-state index contributed by atoms with van der Waals surface area (Å²) in [6.45, 7) is 0.596. The Morgan fingerprint density at radius 2 is 1.43 bits per heavy atom. The zero-order valence-corrected chi connectivity index (χ0v) is 16.5. The zero-order chi connectivity index (χ0) is 19.3. The molecular formula is C24H23NO2S. The summed E-state index contributed by atoms with van der Waals surface area (Å²) in [7, 11) is 0. The van der Waals surface area contributed by atoms with Crippen LogP contribution in [0, 0.1) is 0 Å². The van der Waals surface area contributed by atoms with E-state index < -0.39 is 0 Å². The van der Waals surface area contributed by atoms with E-state index in [-0.39, 0.29) is 17.2 Å². The Balaban J connectivity index is 1.45. The van der Waals surface area contributed by atoms with Gasteiger partial charge in [-0.1, -0.05) is 60.7 Å². The molecule has 2 atom stereocenters. The Bertz CT molecular complexity index is 912. The highest BCUT2D eigenvalue weighted by atomic mass is 32.1. The molecule has 1 amide bonds. The molecule has 3 aromatic carbocycles. The number of hydrogen-bond donors (Lipinski definition) is 1. The lowest BCUT2D eigenvalue weighted by Crippen LogP contribution is -2.36. The molecule has 3 aromatic rings. The number of carbonyl (C=O) groups is 1. The van der Waals surface area contributed by atoms with Gasteiger partial charge in [-0.2, -0.15) is 12.6 Å². The third-order valence-corrected chi connectivity index (χ3v) is 5.62. The van der Waals surface area contributed by atoms with Gasteiger partial charge in [0.1, 0.15) is 11.5 Å². The lowest BCUT2D eigenvalue weighted by atomic mass is 10.0. The average Bonchev–Trinajstić information content (AvgIpc) is 2.98. The van der Waals surface area contributed by atoms with E-state index in [1.54, 1.807) is 0 Å². The van der Waals surface area contributed by atoms with Crippen LogP contribution in [-0.2, 0) is 17.8 Å². The molecule has 0 aromatic heterocycles. The van der Waals surface area contributed by atoms with Crippen LogP contribution < -0.4 is 4.74 Å². The van der Waals surface area contributed by atoms with Crippen molar-refractivity contribution in [3.8, 4) is 11.5 Å². The standard InChI is InChI=1S/C24H23NO2S/c26-24-16-23(28)22(15-18-7-3-1-4-8-18)25(24)17-19-11-13-21(14-12-19)27-20-9-5-2-6-10-20/h1-14,22-23,28H,15-17H2. The van der Waals surface area contributed by atoms with Gasteiger partial charge in [0.05, 0.1) is 0 Å². The lowest BCUT2D eigenvalue weighted by Gasteiger charge is -2.27. The van der Waals surface area contributed by atoms with Crippen molar-refractivity contribution in [3.63, 3.8) is 0 Å². The van der Waals surface area contributed by atoms with Crippen molar-refractivity contribution in [2.45, 2.75) is 30.7 Å². The highest BCUT2D eigenvalue weighted by Gasteiger charge is 2.37. The fraction of sp³-hybridized carbons (Fsp3) is 0.208. The van der Waals surface area contributed by atoms with Crippen molar-refractivity contribution in [2.75, 3.05) is 0 Å². The summed E-state index contributed by atoms with van der Waals surface area (Å²) in [6.07, 6.45) is 1.33. The van der Waals surface area contributed by atoms with Crippen LogP contribution >= 0.6 is 12.6 Å². The zero-order valence-electron chi connectivity index (χ0n) is 15.6. The third-order valence-electron chi connectivity index (χ3n) is 5.09. The smallest absolute Gasteiger partial charge is 0.224 e. The molecule has 1 saturated heterocycles. The maximum atomic E-state index is 12.6. The molecule has 0 N–H and O–H groups in total. The second-order valence-corrected chi connectivity index (χ2v) is 7.77. The first-order valence-corrected chi connectivity index (χ1v) is 10.0. The average molecular weight is 390 g/mol. The summed E-state index contributed by atoms with van der Waals surface area (Å²) in [5, 5.41) is 0.0633.